The first-order valence-corrected chi connectivity index (χ1v) is 6.87. The molecule has 20 heavy (non-hydrogen) atoms. The smallest absolute Gasteiger partial charge is 0.178 e. The topological polar surface area (TPSA) is 41.6 Å². The number of hydrogen-bond donors (Lipinski definition) is 1. The molecule has 2 aromatic heterocycles. The lowest BCUT2D eigenvalue weighted by Gasteiger charge is -2.18. The van der Waals surface area contributed by atoms with Crippen molar-refractivity contribution < 1.29 is 0 Å². The van der Waals surface area contributed by atoms with Crippen LogP contribution in [-0.2, 0) is 5.41 Å². The van der Waals surface area contributed by atoms with Crippen molar-refractivity contribution in [1.29, 1.82) is 0 Å². The van der Waals surface area contributed by atoms with E-state index in [0.717, 1.165) is 22.6 Å². The maximum absolute atomic E-state index is 4.57. The summed E-state index contributed by atoms with van der Waals surface area (Å²) < 4.78 is 0. The second-order valence-corrected chi connectivity index (χ2v) is 6.24. The van der Waals surface area contributed by atoms with E-state index in [1.807, 2.05) is 6.07 Å². The summed E-state index contributed by atoms with van der Waals surface area (Å²) in [6.45, 7) is 8.72. The Bertz CT molecular complexity index is 746. The van der Waals surface area contributed by atoms with E-state index in [4.69, 9.17) is 0 Å². The molecule has 3 heteroatoms. The van der Waals surface area contributed by atoms with Crippen molar-refractivity contribution in [1.82, 2.24) is 15.0 Å². The molecule has 3 nitrogen and oxygen atoms in total. The number of nitrogens with zero attached hydrogens (tertiary/aromatic N) is 2. The van der Waals surface area contributed by atoms with E-state index in [1.165, 1.54) is 11.1 Å². The average molecular weight is 265 g/mol. The highest BCUT2D eigenvalue weighted by Crippen LogP contribution is 2.26. The van der Waals surface area contributed by atoms with Crippen LogP contribution in [0.15, 0.2) is 36.5 Å². The van der Waals surface area contributed by atoms with E-state index < -0.39 is 0 Å². The molecule has 0 saturated carbocycles. The molecular weight excluding hydrogens is 246 g/mol. The summed E-state index contributed by atoms with van der Waals surface area (Å²) in [5.41, 5.74) is 5.55. The third-order valence-electron chi connectivity index (χ3n) is 3.62. The van der Waals surface area contributed by atoms with Gasteiger partial charge in [0.05, 0.1) is 5.52 Å². The van der Waals surface area contributed by atoms with Crippen molar-refractivity contribution >= 4 is 11.2 Å². The highest BCUT2D eigenvalue weighted by atomic mass is 15.0. The molecule has 0 bridgehead atoms. The number of fused-ring (bicyclic) bond motifs is 1. The normalized spacial score (nSPS) is 12.0. The van der Waals surface area contributed by atoms with Crippen LogP contribution in [0.4, 0.5) is 0 Å². The summed E-state index contributed by atoms with van der Waals surface area (Å²) in [6.07, 6.45) is 1.80. The monoisotopic (exact) mass is 265 g/mol. The molecular formula is C17H19N3. The molecule has 3 aromatic rings. The molecule has 0 radical (unpaired) electrons. The van der Waals surface area contributed by atoms with Crippen molar-refractivity contribution in [3.63, 3.8) is 0 Å². The second kappa shape index (κ2) is 4.44. The Hall–Kier alpha value is -2.16. The van der Waals surface area contributed by atoms with Gasteiger partial charge in [0, 0.05) is 11.8 Å². The highest BCUT2D eigenvalue weighted by Gasteiger charge is 2.14. The van der Waals surface area contributed by atoms with Gasteiger partial charge in [-0.3, -0.25) is 0 Å². The Morgan fingerprint density at radius 3 is 2.30 bits per heavy atom. The molecule has 0 aliphatic heterocycles. The fraction of sp³-hybridized carbons (Fsp3) is 0.294. The Morgan fingerprint density at radius 2 is 1.70 bits per heavy atom. The van der Waals surface area contributed by atoms with Crippen molar-refractivity contribution in [3.8, 4) is 11.4 Å². The minimum absolute atomic E-state index is 0.171. The van der Waals surface area contributed by atoms with Gasteiger partial charge in [0.2, 0.25) is 0 Å². The van der Waals surface area contributed by atoms with Crippen LogP contribution in [0.25, 0.3) is 22.6 Å². The SMILES string of the molecule is Cc1ccnc2nc(-c3ccc(C(C)(C)C)cc3)[nH]c12. The van der Waals surface area contributed by atoms with E-state index in [0.29, 0.717) is 0 Å². The Labute approximate surface area is 119 Å². The van der Waals surface area contributed by atoms with E-state index in [-0.39, 0.29) is 5.41 Å². The molecule has 2 heterocycles. The summed E-state index contributed by atoms with van der Waals surface area (Å²) in [7, 11) is 0. The molecule has 0 saturated heterocycles. The van der Waals surface area contributed by atoms with Gasteiger partial charge in [-0.05, 0) is 29.5 Å². The number of rotatable bonds is 1. The van der Waals surface area contributed by atoms with Crippen LogP contribution in [0.3, 0.4) is 0 Å². The predicted molar refractivity (Wildman–Crippen MR) is 82.8 cm³/mol. The summed E-state index contributed by atoms with van der Waals surface area (Å²) in [5.74, 6) is 0.877. The maximum atomic E-state index is 4.57. The van der Waals surface area contributed by atoms with E-state index in [2.05, 4.69) is 66.9 Å². The zero-order chi connectivity index (χ0) is 14.3. The largest absolute Gasteiger partial charge is 0.336 e. The van der Waals surface area contributed by atoms with Gasteiger partial charge in [0.1, 0.15) is 5.82 Å². The molecule has 3 rings (SSSR count). The van der Waals surface area contributed by atoms with Crippen LogP contribution < -0.4 is 0 Å². The quantitative estimate of drug-likeness (QED) is 0.715. The first kappa shape index (κ1) is 12.9. The lowest BCUT2D eigenvalue weighted by atomic mass is 9.87. The maximum Gasteiger partial charge on any atom is 0.178 e. The van der Waals surface area contributed by atoms with Crippen LogP contribution in [-0.4, -0.2) is 15.0 Å². The third kappa shape index (κ3) is 2.20. The number of H-pyrrole nitrogens is 1. The predicted octanol–water partition coefficient (Wildman–Crippen LogP) is 4.23. The fourth-order valence-electron chi connectivity index (χ4n) is 2.30. The number of aromatic nitrogens is 3. The average Bonchev–Trinajstić information content (AvgIpc) is 2.83. The minimum atomic E-state index is 0.171. The zero-order valence-corrected chi connectivity index (χ0v) is 12.4. The van der Waals surface area contributed by atoms with Crippen molar-refractivity contribution in [3.05, 3.63) is 47.7 Å². The standard InChI is InChI=1S/C17H19N3/c1-11-9-10-18-16-14(11)19-15(20-16)12-5-7-13(8-6-12)17(2,3)4/h5-10H,1-4H3,(H,18,19,20). The number of hydrogen-bond acceptors (Lipinski definition) is 2. The van der Waals surface area contributed by atoms with Crippen molar-refractivity contribution in [2.45, 2.75) is 33.1 Å². The first-order chi connectivity index (χ1) is 9.45. The molecule has 0 aliphatic rings. The van der Waals surface area contributed by atoms with Crippen LogP contribution in [0, 0.1) is 6.92 Å². The molecule has 1 aromatic carbocycles. The minimum Gasteiger partial charge on any atom is -0.336 e. The second-order valence-electron chi connectivity index (χ2n) is 6.24. The zero-order valence-electron chi connectivity index (χ0n) is 12.4. The number of nitrogens with one attached hydrogen (secondary N) is 1. The van der Waals surface area contributed by atoms with Gasteiger partial charge < -0.3 is 4.98 Å². The van der Waals surface area contributed by atoms with Crippen LogP contribution >= 0.6 is 0 Å². The van der Waals surface area contributed by atoms with E-state index >= 15 is 0 Å². The Balaban J connectivity index is 2.05. The molecule has 0 fully saturated rings. The molecule has 0 atom stereocenters. The fourth-order valence-corrected chi connectivity index (χ4v) is 2.30. The number of imidazole rings is 1. The number of pyridine rings is 1. The van der Waals surface area contributed by atoms with Crippen LogP contribution in [0.2, 0.25) is 0 Å². The first-order valence-electron chi connectivity index (χ1n) is 6.87. The lowest BCUT2D eigenvalue weighted by molar-refractivity contribution is 0.590. The van der Waals surface area contributed by atoms with Crippen molar-refractivity contribution in [2.24, 2.45) is 0 Å². The Kier molecular flexibility index (Phi) is 2.85. The van der Waals surface area contributed by atoms with E-state index in [1.54, 1.807) is 6.20 Å². The number of aromatic amines is 1. The number of benzene rings is 1. The van der Waals surface area contributed by atoms with Gasteiger partial charge in [-0.25, -0.2) is 9.97 Å². The van der Waals surface area contributed by atoms with Gasteiger partial charge in [0.15, 0.2) is 5.65 Å². The molecule has 1 N–H and O–H groups in total. The van der Waals surface area contributed by atoms with Crippen LogP contribution in [0.1, 0.15) is 31.9 Å². The molecule has 0 unspecified atom stereocenters. The van der Waals surface area contributed by atoms with Gasteiger partial charge in [0.25, 0.3) is 0 Å². The third-order valence-corrected chi connectivity index (χ3v) is 3.62. The summed E-state index contributed by atoms with van der Waals surface area (Å²) >= 11 is 0. The van der Waals surface area contributed by atoms with Gasteiger partial charge >= 0.3 is 0 Å². The van der Waals surface area contributed by atoms with Crippen molar-refractivity contribution in [2.75, 3.05) is 0 Å². The van der Waals surface area contributed by atoms with Gasteiger partial charge in [-0.15, -0.1) is 0 Å². The van der Waals surface area contributed by atoms with Gasteiger partial charge in [-0.1, -0.05) is 45.0 Å². The van der Waals surface area contributed by atoms with E-state index in [9.17, 15) is 0 Å². The summed E-state index contributed by atoms with van der Waals surface area (Å²) in [5, 5.41) is 0. The van der Waals surface area contributed by atoms with Gasteiger partial charge in [-0.2, -0.15) is 0 Å². The van der Waals surface area contributed by atoms with Crippen LogP contribution in [0.5, 0.6) is 0 Å². The molecule has 0 spiro atoms. The highest BCUT2D eigenvalue weighted by molar-refractivity contribution is 5.78. The number of aryl methyl sites for hydroxylation is 1. The summed E-state index contributed by atoms with van der Waals surface area (Å²) in [6, 6.07) is 10.6. The molecule has 102 valence electrons. The molecule has 0 amide bonds. The Morgan fingerprint density at radius 1 is 1.00 bits per heavy atom. The summed E-state index contributed by atoms with van der Waals surface area (Å²) in [4.78, 5) is 12.2. The molecule has 0 aliphatic carbocycles. The lowest BCUT2D eigenvalue weighted by Crippen LogP contribution is -2.10.